The zero-order valence-electron chi connectivity index (χ0n) is 10.5. The maximum absolute atomic E-state index is 4.56. The first-order valence-electron chi connectivity index (χ1n) is 5.47. The summed E-state index contributed by atoms with van der Waals surface area (Å²) in [7, 11) is 6.08. The Labute approximate surface area is 110 Å². The lowest BCUT2D eigenvalue weighted by atomic mass is 10.1. The summed E-state index contributed by atoms with van der Waals surface area (Å²) >= 11 is 3.58. The first-order chi connectivity index (χ1) is 8.00. The molecule has 1 aromatic heterocycles. The quantitative estimate of drug-likeness (QED) is 0.848. The number of anilines is 1. The van der Waals surface area contributed by atoms with Crippen molar-refractivity contribution in [1.29, 1.82) is 0 Å². The Bertz CT molecular complexity index is 526. The first kappa shape index (κ1) is 12.2. The van der Waals surface area contributed by atoms with Crippen molar-refractivity contribution in [3.8, 4) is 11.3 Å². The fourth-order valence-electron chi connectivity index (χ4n) is 1.68. The normalized spacial score (nSPS) is 10.6. The zero-order valence-corrected chi connectivity index (χ0v) is 12.1. The number of hydrogen-bond acceptors (Lipinski definition) is 2. The molecule has 0 unspecified atom stereocenters. The van der Waals surface area contributed by atoms with Gasteiger partial charge >= 0.3 is 0 Å². The van der Waals surface area contributed by atoms with Crippen LogP contribution in [0.25, 0.3) is 11.3 Å². The van der Waals surface area contributed by atoms with E-state index in [1.54, 1.807) is 0 Å². The molecule has 0 bridgehead atoms. The summed E-state index contributed by atoms with van der Waals surface area (Å²) in [4.78, 5) is 6.64. The van der Waals surface area contributed by atoms with Crippen molar-refractivity contribution in [1.82, 2.24) is 9.55 Å². The van der Waals surface area contributed by atoms with E-state index >= 15 is 0 Å². The van der Waals surface area contributed by atoms with Gasteiger partial charge in [0.15, 0.2) is 0 Å². The summed E-state index contributed by atoms with van der Waals surface area (Å²) in [5.74, 6) is 1.00. The third-order valence-electron chi connectivity index (χ3n) is 2.91. The lowest BCUT2D eigenvalue weighted by Crippen LogP contribution is -2.07. The van der Waals surface area contributed by atoms with Crippen LogP contribution < -0.4 is 4.90 Å². The van der Waals surface area contributed by atoms with Crippen molar-refractivity contribution in [2.24, 2.45) is 7.05 Å². The molecule has 17 heavy (non-hydrogen) atoms. The molecule has 90 valence electrons. The minimum absolute atomic E-state index is 0.996. The molecule has 2 aromatic rings. The van der Waals surface area contributed by atoms with Crippen molar-refractivity contribution < 1.29 is 0 Å². The van der Waals surface area contributed by atoms with Crippen molar-refractivity contribution in [2.75, 3.05) is 19.0 Å². The topological polar surface area (TPSA) is 21.1 Å². The van der Waals surface area contributed by atoms with Crippen LogP contribution >= 0.6 is 15.9 Å². The minimum Gasteiger partial charge on any atom is -0.378 e. The highest BCUT2D eigenvalue weighted by molar-refractivity contribution is 9.10. The van der Waals surface area contributed by atoms with E-state index < -0.39 is 0 Å². The summed E-state index contributed by atoms with van der Waals surface area (Å²) in [5, 5.41) is 0. The van der Waals surface area contributed by atoms with Crippen molar-refractivity contribution >= 4 is 21.6 Å². The lowest BCUT2D eigenvalue weighted by molar-refractivity contribution is 0.840. The van der Waals surface area contributed by atoms with Crippen LogP contribution in [0.4, 0.5) is 5.69 Å². The van der Waals surface area contributed by atoms with E-state index in [0.29, 0.717) is 0 Å². The molecule has 0 aliphatic rings. The summed E-state index contributed by atoms with van der Waals surface area (Å²) in [6.45, 7) is 2.00. The van der Waals surface area contributed by atoms with Crippen molar-refractivity contribution in [3.05, 3.63) is 34.7 Å². The number of halogens is 1. The molecule has 0 radical (unpaired) electrons. The second kappa shape index (κ2) is 4.53. The Morgan fingerprint density at radius 3 is 2.18 bits per heavy atom. The van der Waals surface area contributed by atoms with Crippen LogP contribution in [0.2, 0.25) is 0 Å². The van der Waals surface area contributed by atoms with Gasteiger partial charge in [-0.3, -0.25) is 0 Å². The van der Waals surface area contributed by atoms with Crippen LogP contribution in [0.15, 0.2) is 28.9 Å². The van der Waals surface area contributed by atoms with Gasteiger partial charge in [0, 0.05) is 32.4 Å². The average molecular weight is 294 g/mol. The number of benzene rings is 1. The van der Waals surface area contributed by atoms with Gasteiger partial charge in [-0.25, -0.2) is 4.98 Å². The van der Waals surface area contributed by atoms with Gasteiger partial charge in [-0.1, -0.05) is 12.1 Å². The van der Waals surface area contributed by atoms with Gasteiger partial charge in [-0.2, -0.15) is 0 Å². The molecule has 0 fully saturated rings. The van der Waals surface area contributed by atoms with Gasteiger partial charge in [0.2, 0.25) is 0 Å². The maximum atomic E-state index is 4.56. The summed E-state index contributed by atoms with van der Waals surface area (Å²) in [6, 6.07) is 8.40. The lowest BCUT2D eigenvalue weighted by Gasteiger charge is -2.12. The van der Waals surface area contributed by atoms with Crippen LogP contribution in [-0.4, -0.2) is 23.6 Å². The summed E-state index contributed by atoms with van der Waals surface area (Å²) < 4.78 is 3.06. The number of aromatic nitrogens is 2. The Morgan fingerprint density at radius 1 is 1.18 bits per heavy atom. The molecule has 4 heteroatoms. The molecule has 0 N–H and O–H groups in total. The molecule has 0 spiro atoms. The van der Waals surface area contributed by atoms with E-state index in [1.807, 2.05) is 32.6 Å². The standard InChI is InChI=1S/C13H16BrN3/c1-9-15-12(13(14)17(9)4)10-5-7-11(8-6-10)16(2)3/h5-8H,1-4H3. The molecular formula is C13H16BrN3. The van der Waals surface area contributed by atoms with Gasteiger partial charge in [0.25, 0.3) is 0 Å². The first-order valence-corrected chi connectivity index (χ1v) is 6.26. The third-order valence-corrected chi connectivity index (χ3v) is 3.81. The fourth-order valence-corrected chi connectivity index (χ4v) is 2.26. The Kier molecular flexibility index (Phi) is 3.24. The van der Waals surface area contributed by atoms with Gasteiger partial charge in [-0.05, 0) is 35.0 Å². The predicted molar refractivity (Wildman–Crippen MR) is 75.4 cm³/mol. The largest absolute Gasteiger partial charge is 0.378 e. The number of nitrogens with zero attached hydrogens (tertiary/aromatic N) is 3. The van der Waals surface area contributed by atoms with E-state index in [9.17, 15) is 0 Å². The summed E-state index contributed by atoms with van der Waals surface area (Å²) in [6.07, 6.45) is 0. The SMILES string of the molecule is Cc1nc(-c2ccc(N(C)C)cc2)c(Br)n1C. The van der Waals surface area contributed by atoms with Crippen LogP contribution in [0, 0.1) is 6.92 Å². The minimum atomic E-state index is 0.996. The molecule has 0 aliphatic carbocycles. The number of imidazole rings is 1. The van der Waals surface area contributed by atoms with E-state index in [0.717, 1.165) is 21.7 Å². The Morgan fingerprint density at radius 2 is 1.76 bits per heavy atom. The molecule has 0 amide bonds. The maximum Gasteiger partial charge on any atom is 0.112 e. The molecule has 0 saturated carbocycles. The highest BCUT2D eigenvalue weighted by Gasteiger charge is 2.11. The van der Waals surface area contributed by atoms with E-state index in [1.165, 1.54) is 5.69 Å². The van der Waals surface area contributed by atoms with E-state index in [2.05, 4.69) is 50.1 Å². The average Bonchev–Trinajstić information content (AvgIpc) is 2.57. The number of rotatable bonds is 2. The Balaban J connectivity index is 2.43. The molecule has 0 saturated heterocycles. The van der Waals surface area contributed by atoms with Crippen LogP contribution in [-0.2, 0) is 7.05 Å². The smallest absolute Gasteiger partial charge is 0.112 e. The molecular weight excluding hydrogens is 278 g/mol. The van der Waals surface area contributed by atoms with Gasteiger partial charge < -0.3 is 9.47 Å². The number of hydrogen-bond donors (Lipinski definition) is 0. The third kappa shape index (κ3) is 2.22. The van der Waals surface area contributed by atoms with E-state index in [4.69, 9.17) is 0 Å². The molecule has 3 nitrogen and oxygen atoms in total. The monoisotopic (exact) mass is 293 g/mol. The van der Waals surface area contributed by atoms with Crippen molar-refractivity contribution in [3.63, 3.8) is 0 Å². The highest BCUT2D eigenvalue weighted by Crippen LogP contribution is 2.29. The molecule has 0 atom stereocenters. The predicted octanol–water partition coefficient (Wildman–Crippen LogP) is 3.22. The summed E-state index contributed by atoms with van der Waals surface area (Å²) in [5.41, 5.74) is 3.32. The van der Waals surface area contributed by atoms with Crippen LogP contribution in [0.3, 0.4) is 0 Å². The second-order valence-electron chi connectivity index (χ2n) is 4.30. The van der Waals surface area contributed by atoms with Crippen molar-refractivity contribution in [2.45, 2.75) is 6.92 Å². The van der Waals surface area contributed by atoms with Gasteiger partial charge in [-0.15, -0.1) is 0 Å². The van der Waals surface area contributed by atoms with Gasteiger partial charge in [0.1, 0.15) is 16.1 Å². The molecule has 0 aliphatic heterocycles. The second-order valence-corrected chi connectivity index (χ2v) is 5.05. The van der Waals surface area contributed by atoms with Gasteiger partial charge in [0.05, 0.1) is 0 Å². The fraction of sp³-hybridized carbons (Fsp3) is 0.308. The zero-order chi connectivity index (χ0) is 12.6. The molecule has 1 heterocycles. The molecule has 1 aromatic carbocycles. The Hall–Kier alpha value is -1.29. The van der Waals surface area contributed by atoms with Crippen LogP contribution in [0.5, 0.6) is 0 Å². The van der Waals surface area contributed by atoms with E-state index in [-0.39, 0.29) is 0 Å². The number of aryl methyl sites for hydroxylation is 1. The highest BCUT2D eigenvalue weighted by atomic mass is 79.9. The van der Waals surface area contributed by atoms with Crippen LogP contribution in [0.1, 0.15) is 5.82 Å². The molecule has 2 rings (SSSR count).